The van der Waals surface area contributed by atoms with Crippen LogP contribution in [0.1, 0.15) is 11.1 Å². The van der Waals surface area contributed by atoms with Gasteiger partial charge >= 0.3 is 0 Å². The van der Waals surface area contributed by atoms with Gasteiger partial charge in [0.15, 0.2) is 0 Å². The summed E-state index contributed by atoms with van der Waals surface area (Å²) in [4.78, 5) is 0. The lowest BCUT2D eigenvalue weighted by molar-refractivity contribution is 0.414. The molecular weight excluding hydrogens is 334 g/mol. The molecule has 124 valence electrons. The maximum absolute atomic E-state index is 12.0. The van der Waals surface area contributed by atoms with E-state index in [-0.39, 0.29) is 5.75 Å². The fourth-order valence-corrected chi connectivity index (χ4v) is 3.34. The molecule has 0 radical (unpaired) electrons. The van der Waals surface area contributed by atoms with Crippen LogP contribution >= 0.6 is 11.6 Å². The molecule has 0 amide bonds. The third-order valence-electron chi connectivity index (χ3n) is 3.44. The fourth-order valence-electron chi connectivity index (χ4n) is 2.15. The quantitative estimate of drug-likeness (QED) is 0.793. The van der Waals surface area contributed by atoms with Crippen molar-refractivity contribution in [3.05, 3.63) is 64.7 Å². The zero-order chi connectivity index (χ0) is 16.7. The van der Waals surface area contributed by atoms with Crippen LogP contribution < -0.4 is 9.46 Å². The van der Waals surface area contributed by atoms with Gasteiger partial charge in [0.05, 0.1) is 12.9 Å². The van der Waals surface area contributed by atoms with Crippen molar-refractivity contribution < 1.29 is 13.2 Å². The van der Waals surface area contributed by atoms with E-state index in [1.54, 1.807) is 19.2 Å². The largest absolute Gasteiger partial charge is 0.497 e. The molecule has 0 aliphatic carbocycles. The van der Waals surface area contributed by atoms with Crippen LogP contribution in [0.2, 0.25) is 5.02 Å². The van der Waals surface area contributed by atoms with Crippen molar-refractivity contribution in [1.29, 1.82) is 0 Å². The molecule has 0 fully saturated rings. The molecule has 0 unspecified atom stereocenters. The molecule has 0 saturated heterocycles. The minimum atomic E-state index is -3.29. The van der Waals surface area contributed by atoms with E-state index in [1.807, 2.05) is 36.4 Å². The van der Waals surface area contributed by atoms with Gasteiger partial charge in [-0.1, -0.05) is 35.9 Å². The molecule has 0 aliphatic rings. The van der Waals surface area contributed by atoms with Gasteiger partial charge in [0.2, 0.25) is 10.0 Å². The van der Waals surface area contributed by atoms with E-state index < -0.39 is 10.0 Å². The first-order valence-electron chi connectivity index (χ1n) is 7.33. The number of rotatable bonds is 8. The molecule has 2 rings (SSSR count). The number of sulfonamides is 1. The highest BCUT2D eigenvalue weighted by molar-refractivity contribution is 7.89. The Labute approximate surface area is 142 Å². The Bertz CT molecular complexity index is 730. The highest BCUT2D eigenvalue weighted by Crippen LogP contribution is 2.13. The highest BCUT2D eigenvalue weighted by Gasteiger charge is 2.10. The Morgan fingerprint density at radius 2 is 1.78 bits per heavy atom. The Hall–Kier alpha value is -1.56. The first kappa shape index (κ1) is 17.8. The van der Waals surface area contributed by atoms with Crippen molar-refractivity contribution in [2.24, 2.45) is 0 Å². The molecule has 2 aromatic rings. The first-order valence-corrected chi connectivity index (χ1v) is 9.36. The summed E-state index contributed by atoms with van der Waals surface area (Å²) in [6, 6.07) is 14.8. The van der Waals surface area contributed by atoms with Gasteiger partial charge in [-0.15, -0.1) is 0 Å². The van der Waals surface area contributed by atoms with E-state index in [2.05, 4.69) is 4.72 Å². The maximum Gasteiger partial charge on any atom is 0.211 e. The van der Waals surface area contributed by atoms with Crippen molar-refractivity contribution in [1.82, 2.24) is 4.72 Å². The van der Waals surface area contributed by atoms with Crippen LogP contribution in [0.15, 0.2) is 48.5 Å². The summed E-state index contributed by atoms with van der Waals surface area (Å²) in [5.74, 6) is 0.788. The third-order valence-corrected chi connectivity index (χ3v) is 5.08. The van der Waals surface area contributed by atoms with Crippen molar-refractivity contribution in [2.75, 3.05) is 19.4 Å². The second kappa shape index (κ2) is 8.34. The van der Waals surface area contributed by atoms with Crippen molar-refractivity contribution >= 4 is 21.6 Å². The molecule has 0 bridgehead atoms. The Balaban J connectivity index is 1.80. The van der Waals surface area contributed by atoms with Crippen LogP contribution in [-0.2, 0) is 22.9 Å². The lowest BCUT2D eigenvalue weighted by Gasteiger charge is -2.08. The van der Waals surface area contributed by atoms with E-state index in [0.29, 0.717) is 24.4 Å². The number of nitrogens with one attached hydrogen (secondary N) is 1. The molecule has 4 nitrogen and oxygen atoms in total. The first-order chi connectivity index (χ1) is 11.0. The molecular formula is C17H20ClNO3S. The lowest BCUT2D eigenvalue weighted by Crippen LogP contribution is -2.29. The van der Waals surface area contributed by atoms with Crippen molar-refractivity contribution in [2.45, 2.75) is 12.8 Å². The molecule has 0 aromatic heterocycles. The summed E-state index contributed by atoms with van der Waals surface area (Å²) < 4.78 is 31.8. The maximum atomic E-state index is 12.0. The van der Waals surface area contributed by atoms with Gasteiger partial charge in [-0.2, -0.15) is 0 Å². The van der Waals surface area contributed by atoms with Crippen LogP contribution in [0.3, 0.4) is 0 Å². The molecule has 0 spiro atoms. The Morgan fingerprint density at radius 3 is 2.48 bits per heavy atom. The number of benzene rings is 2. The van der Waals surface area contributed by atoms with Gasteiger partial charge in [0, 0.05) is 11.6 Å². The van der Waals surface area contributed by atoms with Gasteiger partial charge in [0.25, 0.3) is 0 Å². The number of hydrogen-bond donors (Lipinski definition) is 1. The number of ether oxygens (including phenoxy) is 1. The van der Waals surface area contributed by atoms with E-state index >= 15 is 0 Å². The summed E-state index contributed by atoms with van der Waals surface area (Å²) in [7, 11) is -1.70. The molecule has 0 heterocycles. The lowest BCUT2D eigenvalue weighted by atomic mass is 10.2. The van der Waals surface area contributed by atoms with Crippen molar-refractivity contribution in [3.63, 3.8) is 0 Å². The Morgan fingerprint density at radius 1 is 1.04 bits per heavy atom. The number of hydrogen-bond acceptors (Lipinski definition) is 3. The van der Waals surface area contributed by atoms with Gasteiger partial charge < -0.3 is 4.74 Å². The smallest absolute Gasteiger partial charge is 0.211 e. The highest BCUT2D eigenvalue weighted by atomic mass is 35.5. The number of halogens is 1. The topological polar surface area (TPSA) is 55.4 Å². The second-order valence-electron chi connectivity index (χ2n) is 5.19. The van der Waals surface area contributed by atoms with Crippen LogP contribution in [0.25, 0.3) is 0 Å². The van der Waals surface area contributed by atoms with Crippen LogP contribution in [-0.4, -0.2) is 27.8 Å². The normalized spacial score (nSPS) is 11.4. The Kier molecular flexibility index (Phi) is 6.45. The fraction of sp³-hybridized carbons (Fsp3) is 0.294. The average molecular weight is 354 g/mol. The summed E-state index contributed by atoms with van der Waals surface area (Å²) in [5, 5.41) is 0.674. The summed E-state index contributed by atoms with van der Waals surface area (Å²) >= 11 is 5.82. The van der Waals surface area contributed by atoms with Crippen LogP contribution in [0.4, 0.5) is 0 Å². The minimum absolute atomic E-state index is 0.0563. The van der Waals surface area contributed by atoms with Gasteiger partial charge in [-0.25, -0.2) is 13.1 Å². The van der Waals surface area contributed by atoms with Gasteiger partial charge in [-0.05, 0) is 48.2 Å². The van der Waals surface area contributed by atoms with Crippen LogP contribution in [0, 0.1) is 0 Å². The molecule has 0 aliphatic heterocycles. The zero-order valence-electron chi connectivity index (χ0n) is 13.0. The van der Waals surface area contributed by atoms with E-state index in [1.165, 1.54) is 0 Å². The molecule has 0 atom stereocenters. The summed E-state index contributed by atoms with van der Waals surface area (Å²) in [6.07, 6.45) is 1.09. The monoisotopic (exact) mass is 353 g/mol. The second-order valence-corrected chi connectivity index (χ2v) is 7.55. The third kappa shape index (κ3) is 6.22. The predicted octanol–water partition coefficient (Wildman–Crippen LogP) is 3.05. The summed E-state index contributed by atoms with van der Waals surface area (Å²) in [5.41, 5.74) is 1.98. The number of methoxy groups -OCH3 is 1. The van der Waals surface area contributed by atoms with E-state index in [4.69, 9.17) is 16.3 Å². The molecule has 1 N–H and O–H groups in total. The van der Waals surface area contributed by atoms with Gasteiger partial charge in [0.1, 0.15) is 5.75 Å². The number of aryl methyl sites for hydroxylation is 1. The van der Waals surface area contributed by atoms with Gasteiger partial charge in [-0.3, -0.25) is 0 Å². The molecule has 0 saturated carbocycles. The average Bonchev–Trinajstić information content (AvgIpc) is 2.55. The predicted molar refractivity (Wildman–Crippen MR) is 93.6 cm³/mol. The standard InChI is InChI=1S/C17H20ClNO3S/c1-22-17-4-2-3-15(13-17)10-12-23(20,21)19-11-9-14-5-7-16(18)8-6-14/h2-8,13,19H,9-12H2,1H3. The molecule has 2 aromatic carbocycles. The molecule has 23 heavy (non-hydrogen) atoms. The van der Waals surface area contributed by atoms with Crippen LogP contribution in [0.5, 0.6) is 5.75 Å². The molecule has 6 heteroatoms. The summed E-state index contributed by atoms with van der Waals surface area (Å²) in [6.45, 7) is 0.377. The zero-order valence-corrected chi connectivity index (χ0v) is 14.5. The van der Waals surface area contributed by atoms with E-state index in [9.17, 15) is 8.42 Å². The SMILES string of the molecule is COc1cccc(CCS(=O)(=O)NCCc2ccc(Cl)cc2)c1. The minimum Gasteiger partial charge on any atom is -0.497 e. The van der Waals surface area contributed by atoms with Crippen molar-refractivity contribution in [3.8, 4) is 5.75 Å². The van der Waals surface area contributed by atoms with E-state index in [0.717, 1.165) is 16.9 Å².